The summed E-state index contributed by atoms with van der Waals surface area (Å²) < 4.78 is 3.89. The predicted octanol–water partition coefficient (Wildman–Crippen LogP) is 2.86. The third kappa shape index (κ3) is 2.49. The van der Waals surface area contributed by atoms with E-state index in [0.29, 0.717) is 28.4 Å². The number of carbonyl (C=O) groups excluding carboxylic acids is 2. The molecule has 0 spiro atoms. The molecule has 1 unspecified atom stereocenters. The number of benzene rings is 1. The fourth-order valence-corrected chi connectivity index (χ4v) is 4.06. The zero-order chi connectivity index (χ0) is 19.6. The van der Waals surface area contributed by atoms with E-state index in [1.807, 2.05) is 29.0 Å². The minimum Gasteiger partial charge on any atom is -0.270 e. The van der Waals surface area contributed by atoms with Gasteiger partial charge in [0.1, 0.15) is 11.4 Å². The van der Waals surface area contributed by atoms with E-state index in [1.165, 1.54) is 11.9 Å². The number of hydrogen-bond acceptors (Lipinski definition) is 3. The Kier molecular flexibility index (Phi) is 4.05. The molecular formula is C18H18Cl2N5O2+. The SMILES string of the molecule is Cc1c(C)[n+](Cc2ccc(Cl)cc2Cl)c2n1C1C(=O)N(C)C(=O)N(C)C1=N2. The van der Waals surface area contributed by atoms with Crippen molar-refractivity contribution in [2.75, 3.05) is 14.1 Å². The first-order valence-electron chi connectivity index (χ1n) is 8.41. The van der Waals surface area contributed by atoms with Gasteiger partial charge in [-0.05, 0) is 26.0 Å². The van der Waals surface area contributed by atoms with Crippen LogP contribution in [0.4, 0.5) is 10.7 Å². The fourth-order valence-electron chi connectivity index (χ4n) is 3.59. The van der Waals surface area contributed by atoms with Gasteiger partial charge in [0.25, 0.3) is 5.91 Å². The number of aromatic nitrogens is 2. The van der Waals surface area contributed by atoms with Gasteiger partial charge >= 0.3 is 12.0 Å². The molecule has 0 N–H and O–H groups in total. The molecule has 1 atom stereocenters. The summed E-state index contributed by atoms with van der Waals surface area (Å²) in [6.45, 7) is 4.41. The molecule has 2 aromatic rings. The van der Waals surface area contributed by atoms with Gasteiger partial charge in [0, 0.05) is 29.7 Å². The lowest BCUT2D eigenvalue weighted by Gasteiger charge is -2.30. The topological polar surface area (TPSA) is 61.8 Å². The van der Waals surface area contributed by atoms with E-state index in [4.69, 9.17) is 23.2 Å². The standard InChI is InChI=1S/C18H18Cl2N5O2/c1-9-10(2)25-14-15(22(3)18(27)23(4)16(14)26)21-17(25)24(9)8-11-5-6-12(19)7-13(11)20/h5-7,14H,8H2,1-4H3/q+1. The number of halogens is 2. The predicted molar refractivity (Wildman–Crippen MR) is 102 cm³/mol. The van der Waals surface area contributed by atoms with Crippen molar-refractivity contribution >= 4 is 46.9 Å². The van der Waals surface area contributed by atoms with Crippen LogP contribution in [0.25, 0.3) is 0 Å². The molecule has 1 fully saturated rings. The van der Waals surface area contributed by atoms with Gasteiger partial charge < -0.3 is 0 Å². The lowest BCUT2D eigenvalue weighted by Crippen LogP contribution is -2.56. The smallest absolute Gasteiger partial charge is 0.270 e. The number of aliphatic imine (C=N–C) groups is 1. The molecule has 1 aromatic heterocycles. The van der Waals surface area contributed by atoms with Gasteiger partial charge in [-0.15, -0.1) is 0 Å². The average molecular weight is 407 g/mol. The van der Waals surface area contributed by atoms with Gasteiger partial charge in [-0.2, -0.15) is 0 Å². The average Bonchev–Trinajstić information content (AvgIpc) is 3.12. The van der Waals surface area contributed by atoms with Crippen molar-refractivity contribution < 1.29 is 14.2 Å². The van der Waals surface area contributed by atoms with Gasteiger partial charge in [0.15, 0.2) is 0 Å². The molecule has 4 rings (SSSR count). The zero-order valence-corrected chi connectivity index (χ0v) is 16.8. The molecule has 7 nitrogen and oxygen atoms in total. The summed E-state index contributed by atoms with van der Waals surface area (Å²) in [6.07, 6.45) is 0. The van der Waals surface area contributed by atoms with Crippen LogP contribution < -0.4 is 4.57 Å². The molecule has 0 bridgehead atoms. The quantitative estimate of drug-likeness (QED) is 0.719. The zero-order valence-electron chi connectivity index (χ0n) is 15.3. The van der Waals surface area contributed by atoms with Gasteiger partial charge in [0.2, 0.25) is 11.9 Å². The van der Waals surface area contributed by atoms with Crippen LogP contribution in [0.15, 0.2) is 23.2 Å². The summed E-state index contributed by atoms with van der Waals surface area (Å²) in [5.74, 6) is 0.779. The molecule has 9 heteroatoms. The summed E-state index contributed by atoms with van der Waals surface area (Å²) in [7, 11) is 3.12. The highest BCUT2D eigenvalue weighted by Gasteiger charge is 2.53. The molecule has 2 aliphatic rings. The molecule has 3 heterocycles. The summed E-state index contributed by atoms with van der Waals surface area (Å²) in [5, 5.41) is 1.14. The number of amidine groups is 1. The molecule has 1 saturated heterocycles. The molecular weight excluding hydrogens is 389 g/mol. The van der Waals surface area contributed by atoms with E-state index in [1.54, 1.807) is 19.2 Å². The lowest BCUT2D eigenvalue weighted by atomic mass is 10.1. The molecule has 27 heavy (non-hydrogen) atoms. The van der Waals surface area contributed by atoms with Crippen molar-refractivity contribution in [3.63, 3.8) is 0 Å². The lowest BCUT2D eigenvalue weighted by molar-refractivity contribution is -0.680. The Morgan fingerprint density at radius 1 is 1.15 bits per heavy atom. The molecule has 0 aliphatic carbocycles. The molecule has 0 radical (unpaired) electrons. The van der Waals surface area contributed by atoms with Gasteiger partial charge in [-0.3, -0.25) is 14.6 Å². The Morgan fingerprint density at radius 2 is 1.85 bits per heavy atom. The van der Waals surface area contributed by atoms with E-state index in [2.05, 4.69) is 4.99 Å². The van der Waals surface area contributed by atoms with Crippen molar-refractivity contribution in [2.24, 2.45) is 4.99 Å². The highest BCUT2D eigenvalue weighted by molar-refractivity contribution is 6.35. The van der Waals surface area contributed by atoms with Crippen LogP contribution in [0.1, 0.15) is 23.0 Å². The second-order valence-corrected chi connectivity index (χ2v) is 7.62. The monoisotopic (exact) mass is 406 g/mol. The third-order valence-corrected chi connectivity index (χ3v) is 5.88. The number of likely N-dealkylation sites (N-methyl/N-ethyl adjacent to an activating group) is 2. The first-order chi connectivity index (χ1) is 12.7. The van der Waals surface area contributed by atoms with Crippen LogP contribution in [0.3, 0.4) is 0 Å². The Hall–Kier alpha value is -2.38. The van der Waals surface area contributed by atoms with Crippen LogP contribution in [0.2, 0.25) is 10.0 Å². The second-order valence-electron chi connectivity index (χ2n) is 6.77. The van der Waals surface area contributed by atoms with Crippen LogP contribution in [-0.4, -0.2) is 46.2 Å². The van der Waals surface area contributed by atoms with E-state index >= 15 is 0 Å². The number of nitrogens with zero attached hydrogens (tertiary/aromatic N) is 5. The van der Waals surface area contributed by atoms with E-state index in [0.717, 1.165) is 21.9 Å². The molecule has 140 valence electrons. The third-order valence-electron chi connectivity index (χ3n) is 5.29. The van der Waals surface area contributed by atoms with Crippen LogP contribution in [0, 0.1) is 13.8 Å². The van der Waals surface area contributed by atoms with Crippen molar-refractivity contribution in [2.45, 2.75) is 26.4 Å². The van der Waals surface area contributed by atoms with E-state index < -0.39 is 6.04 Å². The Balaban J connectivity index is 1.85. The number of imidazole rings is 1. The maximum Gasteiger partial charge on any atom is 0.402 e. The number of carbonyl (C=O) groups is 2. The number of fused-ring (bicyclic) bond motifs is 3. The second kappa shape index (κ2) is 6.07. The maximum atomic E-state index is 12.8. The van der Waals surface area contributed by atoms with Crippen LogP contribution in [-0.2, 0) is 11.3 Å². The largest absolute Gasteiger partial charge is 0.402 e. The number of amides is 3. The number of hydrogen-bond donors (Lipinski definition) is 0. The minimum atomic E-state index is -0.631. The fraction of sp³-hybridized carbons (Fsp3) is 0.333. The normalized spacial score (nSPS) is 18.7. The van der Waals surface area contributed by atoms with Gasteiger partial charge in [-0.25, -0.2) is 13.9 Å². The maximum absolute atomic E-state index is 12.8. The number of urea groups is 1. The van der Waals surface area contributed by atoms with Gasteiger partial charge in [-0.1, -0.05) is 34.3 Å². The summed E-state index contributed by atoms with van der Waals surface area (Å²) in [6, 6.07) is 4.35. The summed E-state index contributed by atoms with van der Waals surface area (Å²) >= 11 is 12.3. The summed E-state index contributed by atoms with van der Waals surface area (Å²) in [5.41, 5.74) is 2.79. The van der Waals surface area contributed by atoms with Crippen molar-refractivity contribution in [3.8, 4) is 0 Å². The van der Waals surface area contributed by atoms with Crippen LogP contribution in [0.5, 0.6) is 0 Å². The molecule has 3 amide bonds. The van der Waals surface area contributed by atoms with Crippen molar-refractivity contribution in [1.29, 1.82) is 0 Å². The summed E-state index contributed by atoms with van der Waals surface area (Å²) in [4.78, 5) is 32.2. The minimum absolute atomic E-state index is 0.287. The van der Waals surface area contributed by atoms with Crippen molar-refractivity contribution in [3.05, 3.63) is 45.2 Å². The van der Waals surface area contributed by atoms with Gasteiger partial charge in [0.05, 0.1) is 6.54 Å². The first kappa shape index (κ1) is 18.0. The number of imide groups is 1. The molecule has 1 aromatic carbocycles. The van der Waals surface area contributed by atoms with Crippen LogP contribution >= 0.6 is 23.2 Å². The first-order valence-corrected chi connectivity index (χ1v) is 9.17. The van der Waals surface area contributed by atoms with E-state index in [-0.39, 0.29) is 11.9 Å². The highest BCUT2D eigenvalue weighted by Crippen LogP contribution is 2.35. The van der Waals surface area contributed by atoms with E-state index in [9.17, 15) is 9.59 Å². The Labute approximate surface area is 166 Å². The number of rotatable bonds is 2. The highest BCUT2D eigenvalue weighted by atomic mass is 35.5. The molecule has 2 aliphatic heterocycles. The Morgan fingerprint density at radius 3 is 2.52 bits per heavy atom. The molecule has 0 saturated carbocycles. The Bertz CT molecular complexity index is 1040. The van der Waals surface area contributed by atoms with Crippen molar-refractivity contribution in [1.82, 2.24) is 14.4 Å².